The molecule has 2 atom stereocenters. The number of aryl methyl sites for hydroxylation is 1. The minimum Gasteiger partial charge on any atom is -0.444 e. The summed E-state index contributed by atoms with van der Waals surface area (Å²) in [5.41, 5.74) is 2.15. The van der Waals surface area contributed by atoms with Gasteiger partial charge in [-0.3, -0.25) is 9.59 Å². The molecule has 204 valence electrons. The van der Waals surface area contributed by atoms with Crippen LogP contribution in [-0.2, 0) is 14.3 Å². The first kappa shape index (κ1) is 31.5. The van der Waals surface area contributed by atoms with Gasteiger partial charge < -0.3 is 20.3 Å². The summed E-state index contributed by atoms with van der Waals surface area (Å²) in [5, 5.41) is 5.80. The largest absolute Gasteiger partial charge is 0.444 e. The molecule has 7 heteroatoms. The summed E-state index contributed by atoms with van der Waals surface area (Å²) in [7, 11) is 0. The minimum atomic E-state index is -0.828. The second-order valence-corrected chi connectivity index (χ2v) is 11.3. The quantitative estimate of drug-likeness (QED) is 0.352. The average molecular weight is 504 g/mol. The van der Waals surface area contributed by atoms with Gasteiger partial charge in [-0.25, -0.2) is 4.79 Å². The van der Waals surface area contributed by atoms with Crippen molar-refractivity contribution in [3.8, 4) is 0 Å². The van der Waals surface area contributed by atoms with Gasteiger partial charge in [-0.1, -0.05) is 58.2 Å². The molecule has 1 rings (SSSR count). The van der Waals surface area contributed by atoms with E-state index in [-0.39, 0.29) is 23.8 Å². The fourth-order valence-electron chi connectivity index (χ4n) is 4.09. The molecular formula is C29H49N3O4. The van der Waals surface area contributed by atoms with Gasteiger partial charge >= 0.3 is 6.09 Å². The second-order valence-electron chi connectivity index (χ2n) is 11.3. The topological polar surface area (TPSA) is 87.7 Å². The summed E-state index contributed by atoms with van der Waals surface area (Å²) >= 11 is 0. The molecule has 0 radical (unpaired) electrons. The molecule has 0 aliphatic carbocycles. The lowest BCUT2D eigenvalue weighted by Gasteiger charge is -2.36. The molecule has 0 saturated carbocycles. The number of alkyl carbamates (subject to hydrolysis) is 1. The third-order valence-corrected chi connectivity index (χ3v) is 6.07. The Morgan fingerprint density at radius 3 is 2.14 bits per heavy atom. The van der Waals surface area contributed by atoms with Crippen molar-refractivity contribution in [1.29, 1.82) is 0 Å². The number of unbranched alkanes of at least 4 members (excludes halogenated alkanes) is 3. The van der Waals surface area contributed by atoms with Crippen molar-refractivity contribution in [2.24, 2.45) is 5.92 Å². The number of ether oxygens (including phenoxy) is 1. The van der Waals surface area contributed by atoms with E-state index in [9.17, 15) is 14.4 Å². The molecule has 0 fully saturated rings. The van der Waals surface area contributed by atoms with Crippen LogP contribution in [0, 0.1) is 19.8 Å². The molecule has 36 heavy (non-hydrogen) atoms. The number of nitrogens with one attached hydrogen (secondary N) is 2. The smallest absolute Gasteiger partial charge is 0.408 e. The van der Waals surface area contributed by atoms with Crippen molar-refractivity contribution in [2.45, 2.75) is 119 Å². The van der Waals surface area contributed by atoms with Gasteiger partial charge in [0.25, 0.3) is 0 Å². The van der Waals surface area contributed by atoms with E-state index in [2.05, 4.69) is 17.6 Å². The summed E-state index contributed by atoms with van der Waals surface area (Å²) < 4.78 is 5.44. The van der Waals surface area contributed by atoms with Crippen molar-refractivity contribution in [3.05, 3.63) is 34.9 Å². The molecule has 7 nitrogen and oxygen atoms in total. The SMILES string of the molecule is CCCCCCN(C(=O)C(NC(=O)OC(C)(C)C)C(C)C)C(C(=O)NC(C)C)c1cccc(C)c1C. The highest BCUT2D eigenvalue weighted by Gasteiger charge is 2.38. The first-order valence-electron chi connectivity index (χ1n) is 13.4. The van der Waals surface area contributed by atoms with Crippen LogP contribution in [0.5, 0.6) is 0 Å². The Morgan fingerprint density at radius 1 is 0.972 bits per heavy atom. The van der Waals surface area contributed by atoms with Gasteiger partial charge in [-0.05, 0) is 77.5 Å². The van der Waals surface area contributed by atoms with Gasteiger partial charge in [0.1, 0.15) is 17.7 Å². The molecule has 2 N–H and O–H groups in total. The van der Waals surface area contributed by atoms with Crippen molar-refractivity contribution in [1.82, 2.24) is 15.5 Å². The third kappa shape index (κ3) is 9.82. The van der Waals surface area contributed by atoms with Crippen LogP contribution < -0.4 is 10.6 Å². The van der Waals surface area contributed by atoms with Gasteiger partial charge in [-0.2, -0.15) is 0 Å². The predicted octanol–water partition coefficient (Wildman–Crippen LogP) is 5.83. The Morgan fingerprint density at radius 2 is 1.61 bits per heavy atom. The maximum atomic E-state index is 14.1. The van der Waals surface area contributed by atoms with Crippen molar-refractivity contribution < 1.29 is 19.1 Å². The summed E-state index contributed by atoms with van der Waals surface area (Å²) in [6.45, 7) is 19.5. The lowest BCUT2D eigenvalue weighted by Crippen LogP contribution is -2.55. The second kappa shape index (κ2) is 14.2. The van der Waals surface area contributed by atoms with E-state index in [0.717, 1.165) is 42.4 Å². The zero-order chi connectivity index (χ0) is 27.6. The maximum absolute atomic E-state index is 14.1. The highest BCUT2D eigenvalue weighted by molar-refractivity contribution is 5.92. The number of carbonyl (C=O) groups excluding carboxylic acids is 3. The van der Waals surface area contributed by atoms with Gasteiger partial charge in [0.15, 0.2) is 0 Å². The van der Waals surface area contributed by atoms with E-state index >= 15 is 0 Å². The lowest BCUT2D eigenvalue weighted by molar-refractivity contribution is -0.143. The van der Waals surface area contributed by atoms with Gasteiger partial charge in [0.2, 0.25) is 11.8 Å². The molecule has 0 spiro atoms. The van der Waals surface area contributed by atoms with Crippen LogP contribution in [-0.4, -0.2) is 47.0 Å². The first-order valence-corrected chi connectivity index (χ1v) is 13.4. The summed E-state index contributed by atoms with van der Waals surface area (Å²) in [5.74, 6) is -0.699. The minimum absolute atomic E-state index is 0.0806. The Bertz CT molecular complexity index is 874. The average Bonchev–Trinajstić information content (AvgIpc) is 2.74. The summed E-state index contributed by atoms with van der Waals surface area (Å²) in [4.78, 5) is 42.1. The number of nitrogens with zero attached hydrogens (tertiary/aromatic N) is 1. The van der Waals surface area contributed by atoms with E-state index in [0.29, 0.717) is 6.54 Å². The van der Waals surface area contributed by atoms with Crippen molar-refractivity contribution in [2.75, 3.05) is 6.54 Å². The number of amides is 3. The summed E-state index contributed by atoms with van der Waals surface area (Å²) in [6, 6.07) is 4.14. The van der Waals surface area contributed by atoms with Crippen LogP contribution >= 0.6 is 0 Å². The van der Waals surface area contributed by atoms with E-state index in [4.69, 9.17) is 4.74 Å². The molecular weight excluding hydrogens is 454 g/mol. The van der Waals surface area contributed by atoms with E-state index in [1.807, 2.05) is 59.7 Å². The Kier molecular flexibility index (Phi) is 12.4. The van der Waals surface area contributed by atoms with E-state index in [1.54, 1.807) is 25.7 Å². The predicted molar refractivity (Wildman–Crippen MR) is 146 cm³/mol. The highest BCUT2D eigenvalue weighted by atomic mass is 16.6. The number of benzene rings is 1. The molecule has 0 aromatic heterocycles. The van der Waals surface area contributed by atoms with Crippen molar-refractivity contribution >= 4 is 17.9 Å². The van der Waals surface area contributed by atoms with Crippen LogP contribution in [0.4, 0.5) is 4.79 Å². The zero-order valence-electron chi connectivity index (χ0n) is 24.2. The molecule has 0 bridgehead atoms. The van der Waals surface area contributed by atoms with E-state index < -0.39 is 23.8 Å². The van der Waals surface area contributed by atoms with Crippen molar-refractivity contribution in [3.63, 3.8) is 0 Å². The Balaban J connectivity index is 3.53. The van der Waals surface area contributed by atoms with Crippen LogP contribution in [0.15, 0.2) is 18.2 Å². The fraction of sp³-hybridized carbons (Fsp3) is 0.690. The van der Waals surface area contributed by atoms with Gasteiger partial charge in [0.05, 0.1) is 0 Å². The normalized spacial score (nSPS) is 13.3. The molecule has 2 unspecified atom stereocenters. The maximum Gasteiger partial charge on any atom is 0.408 e. The first-order chi connectivity index (χ1) is 16.7. The highest BCUT2D eigenvalue weighted by Crippen LogP contribution is 2.29. The standard InChI is InChI=1S/C29H49N3O4/c1-11-12-13-14-18-32(27(34)24(19(2)3)31-28(35)36-29(8,9)10)25(26(33)30-20(4)5)23-17-15-16-21(6)22(23)7/h15-17,19-20,24-25H,11-14,18H2,1-10H3,(H,30,33)(H,31,35). The Labute approximate surface area is 218 Å². The molecule has 3 amide bonds. The molecule has 1 aromatic carbocycles. The van der Waals surface area contributed by atoms with Crippen LogP contribution in [0.3, 0.4) is 0 Å². The molecule has 0 aliphatic rings. The molecule has 0 aliphatic heterocycles. The monoisotopic (exact) mass is 503 g/mol. The van der Waals surface area contributed by atoms with Crippen LogP contribution in [0.25, 0.3) is 0 Å². The number of carbonyl (C=O) groups is 3. The van der Waals surface area contributed by atoms with Gasteiger partial charge in [0, 0.05) is 12.6 Å². The zero-order valence-corrected chi connectivity index (χ0v) is 24.2. The molecule has 0 saturated heterocycles. The fourth-order valence-corrected chi connectivity index (χ4v) is 4.09. The Hall–Kier alpha value is -2.57. The number of rotatable bonds is 12. The van der Waals surface area contributed by atoms with Gasteiger partial charge in [-0.15, -0.1) is 0 Å². The third-order valence-electron chi connectivity index (χ3n) is 6.07. The summed E-state index contributed by atoms with van der Waals surface area (Å²) in [6.07, 6.45) is 3.20. The molecule has 1 aromatic rings. The number of hydrogen-bond acceptors (Lipinski definition) is 4. The van der Waals surface area contributed by atoms with Crippen LogP contribution in [0.2, 0.25) is 0 Å². The van der Waals surface area contributed by atoms with Crippen LogP contribution in [0.1, 0.15) is 104 Å². The number of hydrogen-bond donors (Lipinski definition) is 2. The van der Waals surface area contributed by atoms with E-state index in [1.165, 1.54) is 0 Å². The molecule has 0 heterocycles. The lowest BCUT2D eigenvalue weighted by atomic mass is 9.93.